The molecule has 1 aromatic rings. The maximum Gasteiger partial charge on any atom is 0.245 e. The molecule has 0 radical (unpaired) electrons. The predicted octanol–water partition coefficient (Wildman–Crippen LogP) is 2.70. The molecule has 194 valence electrons. The molecule has 1 saturated carbocycles. The molecule has 3 amide bonds. The number of benzene rings is 1. The molecule has 2 aliphatic rings. The first-order valence-electron chi connectivity index (χ1n) is 13.2. The number of rotatable bonds is 8. The number of nitrogens with one attached hydrogen (secondary N) is 2. The van der Waals surface area contributed by atoms with Gasteiger partial charge in [0.15, 0.2) is 0 Å². The molecule has 1 aliphatic heterocycles. The van der Waals surface area contributed by atoms with Crippen molar-refractivity contribution in [3.05, 3.63) is 29.8 Å². The number of nitrogens with two attached hydrogens (primary N) is 1. The Kier molecular flexibility index (Phi) is 10.1. The molecule has 2 fully saturated rings. The van der Waals surface area contributed by atoms with Gasteiger partial charge in [0, 0.05) is 44.2 Å². The number of hydrogen-bond acceptors (Lipinski definition) is 5. The first kappa shape index (κ1) is 27.1. The molecule has 1 heterocycles. The summed E-state index contributed by atoms with van der Waals surface area (Å²) in [4.78, 5) is 42.4. The SMILES string of the molecule is CCC(=O)NC(C(=O)N1CCN(C)CC1)C(C)c1ccc(NC(=O)C(N)C2CCCCCC2)cc1. The van der Waals surface area contributed by atoms with Crippen molar-refractivity contribution in [3.63, 3.8) is 0 Å². The lowest BCUT2D eigenvalue weighted by Gasteiger charge is -2.36. The second-order valence-electron chi connectivity index (χ2n) is 10.2. The molecule has 8 nitrogen and oxygen atoms in total. The van der Waals surface area contributed by atoms with Gasteiger partial charge >= 0.3 is 0 Å². The fraction of sp³-hybridized carbons (Fsp3) is 0.667. The molecule has 35 heavy (non-hydrogen) atoms. The van der Waals surface area contributed by atoms with Crippen molar-refractivity contribution in [1.29, 1.82) is 0 Å². The van der Waals surface area contributed by atoms with Crippen LogP contribution in [0, 0.1) is 5.92 Å². The zero-order valence-electron chi connectivity index (χ0n) is 21.6. The minimum atomic E-state index is -0.630. The van der Waals surface area contributed by atoms with Gasteiger partial charge in [0.2, 0.25) is 17.7 Å². The summed E-state index contributed by atoms with van der Waals surface area (Å²) < 4.78 is 0. The number of anilines is 1. The number of hydrogen-bond donors (Lipinski definition) is 3. The Labute approximate surface area is 210 Å². The van der Waals surface area contributed by atoms with Gasteiger partial charge in [0.1, 0.15) is 6.04 Å². The number of likely N-dealkylation sites (N-methyl/N-ethyl adjacent to an activating group) is 1. The third-order valence-corrected chi connectivity index (χ3v) is 7.63. The summed E-state index contributed by atoms with van der Waals surface area (Å²) in [5.74, 6) is -0.299. The lowest BCUT2D eigenvalue weighted by Crippen LogP contribution is -2.55. The van der Waals surface area contributed by atoms with Crippen LogP contribution in [0.5, 0.6) is 0 Å². The number of carbonyl (C=O) groups excluding carboxylic acids is 3. The quantitative estimate of drug-likeness (QED) is 0.491. The topological polar surface area (TPSA) is 108 Å². The van der Waals surface area contributed by atoms with Crippen LogP contribution in [0.4, 0.5) is 5.69 Å². The fourth-order valence-electron chi connectivity index (χ4n) is 5.07. The summed E-state index contributed by atoms with van der Waals surface area (Å²) in [6, 6.07) is 6.40. The normalized spacial score (nSPS) is 20.4. The van der Waals surface area contributed by atoms with Gasteiger partial charge in [0.05, 0.1) is 6.04 Å². The third-order valence-electron chi connectivity index (χ3n) is 7.63. The van der Waals surface area contributed by atoms with E-state index in [4.69, 9.17) is 5.73 Å². The van der Waals surface area contributed by atoms with E-state index >= 15 is 0 Å². The lowest BCUT2D eigenvalue weighted by molar-refractivity contribution is -0.138. The van der Waals surface area contributed by atoms with Gasteiger partial charge in [0.25, 0.3) is 0 Å². The summed E-state index contributed by atoms with van der Waals surface area (Å²) in [7, 11) is 2.05. The average Bonchev–Trinajstić information content (AvgIpc) is 3.16. The van der Waals surface area contributed by atoms with Gasteiger partial charge in [-0.15, -0.1) is 0 Å². The molecule has 0 spiro atoms. The van der Waals surface area contributed by atoms with Crippen LogP contribution in [0.2, 0.25) is 0 Å². The Morgan fingerprint density at radius 1 is 1.00 bits per heavy atom. The van der Waals surface area contributed by atoms with Gasteiger partial charge in [-0.25, -0.2) is 0 Å². The van der Waals surface area contributed by atoms with E-state index in [0.29, 0.717) is 25.2 Å². The van der Waals surface area contributed by atoms with Crippen molar-refractivity contribution in [2.45, 2.75) is 76.8 Å². The van der Waals surface area contributed by atoms with Crippen LogP contribution >= 0.6 is 0 Å². The third kappa shape index (κ3) is 7.51. The van der Waals surface area contributed by atoms with Crippen molar-refractivity contribution in [2.24, 2.45) is 11.7 Å². The molecule has 0 bridgehead atoms. The molecule has 1 aromatic carbocycles. The standard InChI is InChI=1S/C27H43N5O3/c1-4-23(33)30-25(27(35)32-17-15-31(3)16-18-32)19(2)20-11-13-22(14-12-20)29-26(34)24(28)21-9-7-5-6-8-10-21/h11-14,19,21,24-25H,4-10,15-18,28H2,1-3H3,(H,29,34)(H,30,33). The summed E-state index contributed by atoms with van der Waals surface area (Å²) in [6.07, 6.45) is 7.07. The van der Waals surface area contributed by atoms with Crippen LogP contribution in [0.15, 0.2) is 24.3 Å². The molecule has 3 rings (SSSR count). The van der Waals surface area contributed by atoms with E-state index in [1.165, 1.54) is 12.8 Å². The van der Waals surface area contributed by atoms with E-state index in [0.717, 1.165) is 44.3 Å². The number of nitrogens with zero attached hydrogens (tertiary/aromatic N) is 2. The van der Waals surface area contributed by atoms with E-state index in [2.05, 4.69) is 15.5 Å². The molecule has 1 aliphatic carbocycles. The second-order valence-corrected chi connectivity index (χ2v) is 10.2. The fourth-order valence-corrected chi connectivity index (χ4v) is 5.07. The maximum atomic E-state index is 13.4. The Morgan fingerprint density at radius 3 is 2.17 bits per heavy atom. The average molecular weight is 486 g/mol. The highest BCUT2D eigenvalue weighted by Crippen LogP contribution is 2.26. The highest BCUT2D eigenvalue weighted by atomic mass is 16.2. The molecule has 4 N–H and O–H groups in total. The first-order valence-corrected chi connectivity index (χ1v) is 13.2. The first-order chi connectivity index (χ1) is 16.8. The molecule has 3 atom stereocenters. The minimum absolute atomic E-state index is 0.0425. The maximum absolute atomic E-state index is 13.4. The monoisotopic (exact) mass is 485 g/mol. The summed E-state index contributed by atoms with van der Waals surface area (Å²) in [5, 5.41) is 5.91. The van der Waals surface area contributed by atoms with Gasteiger partial charge in [-0.05, 0) is 43.5 Å². The van der Waals surface area contributed by atoms with Crippen LogP contribution in [0.1, 0.15) is 70.3 Å². The van der Waals surface area contributed by atoms with Crippen LogP contribution in [0.3, 0.4) is 0 Å². The van der Waals surface area contributed by atoms with Crippen molar-refractivity contribution >= 4 is 23.4 Å². The Balaban J connectivity index is 1.66. The zero-order valence-corrected chi connectivity index (χ0v) is 21.6. The molecule has 3 unspecified atom stereocenters. The minimum Gasteiger partial charge on any atom is -0.344 e. The predicted molar refractivity (Wildman–Crippen MR) is 139 cm³/mol. The van der Waals surface area contributed by atoms with Crippen molar-refractivity contribution < 1.29 is 14.4 Å². The second kappa shape index (κ2) is 13.0. The Bertz CT molecular complexity index is 843. The smallest absolute Gasteiger partial charge is 0.245 e. The molecule has 0 aromatic heterocycles. The van der Waals surface area contributed by atoms with Crippen LogP contribution in [-0.4, -0.2) is 72.8 Å². The van der Waals surface area contributed by atoms with Crippen molar-refractivity contribution in [2.75, 3.05) is 38.5 Å². The van der Waals surface area contributed by atoms with Gasteiger partial charge < -0.3 is 26.2 Å². The van der Waals surface area contributed by atoms with Crippen molar-refractivity contribution in [1.82, 2.24) is 15.1 Å². The molecular formula is C27H43N5O3. The molecular weight excluding hydrogens is 442 g/mol. The number of carbonyl (C=O) groups is 3. The van der Waals surface area contributed by atoms with E-state index in [9.17, 15) is 14.4 Å². The summed E-state index contributed by atoms with van der Waals surface area (Å²) >= 11 is 0. The van der Waals surface area contributed by atoms with Crippen LogP contribution < -0.4 is 16.4 Å². The molecule has 8 heteroatoms. The Hall–Kier alpha value is -2.45. The van der Waals surface area contributed by atoms with E-state index in [-0.39, 0.29) is 29.6 Å². The summed E-state index contributed by atoms with van der Waals surface area (Å²) in [6.45, 7) is 6.72. The van der Waals surface area contributed by atoms with E-state index < -0.39 is 12.1 Å². The van der Waals surface area contributed by atoms with Crippen molar-refractivity contribution in [3.8, 4) is 0 Å². The van der Waals surface area contributed by atoms with E-state index in [1.54, 1.807) is 6.92 Å². The zero-order chi connectivity index (χ0) is 25.4. The summed E-state index contributed by atoms with van der Waals surface area (Å²) in [5.41, 5.74) is 7.92. The highest BCUT2D eigenvalue weighted by molar-refractivity contribution is 5.95. The van der Waals surface area contributed by atoms with Crippen LogP contribution in [-0.2, 0) is 14.4 Å². The van der Waals surface area contributed by atoms with Gasteiger partial charge in [-0.3, -0.25) is 14.4 Å². The number of piperazine rings is 1. The Morgan fingerprint density at radius 2 is 1.60 bits per heavy atom. The lowest BCUT2D eigenvalue weighted by atomic mass is 9.91. The molecule has 1 saturated heterocycles. The van der Waals surface area contributed by atoms with Gasteiger partial charge in [-0.2, -0.15) is 0 Å². The highest BCUT2D eigenvalue weighted by Gasteiger charge is 2.32. The number of amides is 3. The van der Waals surface area contributed by atoms with E-state index in [1.807, 2.05) is 43.1 Å². The van der Waals surface area contributed by atoms with Crippen LogP contribution in [0.25, 0.3) is 0 Å². The largest absolute Gasteiger partial charge is 0.344 e. The van der Waals surface area contributed by atoms with Gasteiger partial charge in [-0.1, -0.05) is 51.7 Å².